The summed E-state index contributed by atoms with van der Waals surface area (Å²) in [5, 5.41) is 1.26. The number of carbonyl (C=O) groups is 2. The van der Waals surface area contributed by atoms with Gasteiger partial charge in [0, 0.05) is 41.9 Å². The molecule has 5 nitrogen and oxygen atoms in total. The zero-order valence-electron chi connectivity index (χ0n) is 15.5. The van der Waals surface area contributed by atoms with E-state index < -0.39 is 0 Å². The molecule has 2 aliphatic rings. The maximum Gasteiger partial charge on any atom is 0.302 e. The molecule has 1 N–H and O–H groups in total. The lowest BCUT2D eigenvalue weighted by Crippen LogP contribution is -2.40. The van der Waals surface area contributed by atoms with Crippen molar-refractivity contribution in [2.24, 2.45) is 5.41 Å². The number of carbonyl (C=O) groups excluding carboxylic acids is 2. The van der Waals surface area contributed by atoms with Crippen molar-refractivity contribution in [3.63, 3.8) is 0 Å². The largest absolute Gasteiger partial charge is 0.465 e. The predicted octanol–water partition coefficient (Wildman–Crippen LogP) is 3.74. The number of para-hydroxylation sites is 1. The molecule has 0 saturated carbocycles. The first-order valence-electron chi connectivity index (χ1n) is 9.55. The summed E-state index contributed by atoms with van der Waals surface area (Å²) in [6.45, 7) is 4.75. The fraction of sp³-hybridized carbons (Fsp3) is 0.524. The van der Waals surface area contributed by atoms with Crippen molar-refractivity contribution in [3.05, 3.63) is 35.5 Å². The summed E-state index contributed by atoms with van der Waals surface area (Å²) in [4.78, 5) is 29.8. The number of rotatable bonds is 3. The second-order valence-electron chi connectivity index (χ2n) is 7.75. The Morgan fingerprint density at radius 1 is 1.35 bits per heavy atom. The zero-order chi connectivity index (χ0) is 18.3. The summed E-state index contributed by atoms with van der Waals surface area (Å²) >= 11 is 0. The number of ether oxygens (including phenoxy) is 1. The molecule has 1 fully saturated rings. The smallest absolute Gasteiger partial charge is 0.302 e. The summed E-state index contributed by atoms with van der Waals surface area (Å²) in [7, 11) is 0. The first kappa shape index (κ1) is 17.1. The highest BCUT2D eigenvalue weighted by Gasteiger charge is 2.43. The van der Waals surface area contributed by atoms with Gasteiger partial charge in [-0.1, -0.05) is 25.1 Å². The molecule has 2 aromatic rings. The lowest BCUT2D eigenvalue weighted by atomic mass is 9.75. The molecule has 3 heterocycles. The van der Waals surface area contributed by atoms with Crippen molar-refractivity contribution in [1.82, 2.24) is 9.88 Å². The van der Waals surface area contributed by atoms with Crippen molar-refractivity contribution in [1.29, 1.82) is 0 Å². The van der Waals surface area contributed by atoms with Crippen LogP contribution in [-0.2, 0) is 20.7 Å². The van der Waals surface area contributed by atoms with Gasteiger partial charge in [-0.25, -0.2) is 0 Å². The number of hydrogen-bond donors (Lipinski definition) is 1. The van der Waals surface area contributed by atoms with Crippen LogP contribution in [0.4, 0.5) is 0 Å². The van der Waals surface area contributed by atoms with Gasteiger partial charge in [0.25, 0.3) is 0 Å². The van der Waals surface area contributed by atoms with E-state index in [0.717, 1.165) is 37.7 Å². The average Bonchev–Trinajstić information content (AvgIpc) is 2.96. The third-order valence-corrected chi connectivity index (χ3v) is 6.31. The number of H-pyrrole nitrogens is 1. The van der Waals surface area contributed by atoms with E-state index in [2.05, 4.69) is 30.1 Å². The normalized spacial score (nSPS) is 25.5. The first-order chi connectivity index (χ1) is 12.5. The maximum atomic E-state index is 12.8. The Hall–Kier alpha value is -2.30. The third kappa shape index (κ3) is 2.79. The minimum absolute atomic E-state index is 0.0386. The topological polar surface area (TPSA) is 62.4 Å². The Kier molecular flexibility index (Phi) is 4.25. The molecule has 1 amide bonds. The van der Waals surface area contributed by atoms with Gasteiger partial charge >= 0.3 is 5.97 Å². The lowest BCUT2D eigenvalue weighted by molar-refractivity contribution is -0.145. The lowest BCUT2D eigenvalue weighted by Gasteiger charge is -2.38. The predicted molar refractivity (Wildman–Crippen MR) is 99.7 cm³/mol. The zero-order valence-corrected chi connectivity index (χ0v) is 15.5. The summed E-state index contributed by atoms with van der Waals surface area (Å²) in [5.41, 5.74) is 3.51. The highest BCUT2D eigenvalue weighted by Crippen LogP contribution is 2.47. The molecule has 1 aromatic heterocycles. The molecule has 5 heteroatoms. The number of nitrogens with one attached hydrogen (secondary N) is 1. The van der Waals surface area contributed by atoms with Gasteiger partial charge < -0.3 is 14.6 Å². The second kappa shape index (κ2) is 6.45. The van der Waals surface area contributed by atoms with E-state index in [-0.39, 0.29) is 23.3 Å². The van der Waals surface area contributed by atoms with Crippen molar-refractivity contribution < 1.29 is 14.3 Å². The van der Waals surface area contributed by atoms with Gasteiger partial charge in [-0.3, -0.25) is 9.59 Å². The SMILES string of the molecule is CC[C@]1(COC(C)=O)CCC(=O)N2CCc3c([nH]c4ccccc34)[C@@H]2C1. The quantitative estimate of drug-likeness (QED) is 0.854. The van der Waals surface area contributed by atoms with Crippen LogP contribution in [-0.4, -0.2) is 34.9 Å². The summed E-state index contributed by atoms with van der Waals surface area (Å²) in [5.74, 6) is -0.0299. The Morgan fingerprint density at radius 2 is 2.15 bits per heavy atom. The van der Waals surface area contributed by atoms with E-state index in [9.17, 15) is 9.59 Å². The Morgan fingerprint density at radius 3 is 2.92 bits per heavy atom. The van der Waals surface area contributed by atoms with Gasteiger partial charge in [-0.2, -0.15) is 0 Å². The van der Waals surface area contributed by atoms with Crippen LogP contribution in [0.2, 0.25) is 0 Å². The highest BCUT2D eigenvalue weighted by molar-refractivity contribution is 5.86. The number of amides is 1. The van der Waals surface area contributed by atoms with Gasteiger partial charge in [-0.15, -0.1) is 0 Å². The standard InChI is InChI=1S/C21H26N2O3/c1-3-21(13-26-14(2)24)10-8-19(25)23-11-9-16-15-6-4-5-7-17(15)22-20(16)18(23)12-21/h4-7,18,22H,3,8-13H2,1-2H3/t18-,21-/m0/s1. The van der Waals surface area contributed by atoms with E-state index in [0.29, 0.717) is 13.0 Å². The van der Waals surface area contributed by atoms with E-state index >= 15 is 0 Å². The van der Waals surface area contributed by atoms with Crippen molar-refractivity contribution in [2.45, 2.75) is 52.0 Å². The molecule has 2 aliphatic heterocycles. The molecule has 0 spiro atoms. The van der Waals surface area contributed by atoms with Crippen molar-refractivity contribution in [2.75, 3.05) is 13.2 Å². The third-order valence-electron chi connectivity index (χ3n) is 6.31. The van der Waals surface area contributed by atoms with Crippen LogP contribution >= 0.6 is 0 Å². The Labute approximate surface area is 153 Å². The van der Waals surface area contributed by atoms with E-state index in [1.54, 1.807) is 0 Å². The molecule has 0 radical (unpaired) electrons. The van der Waals surface area contributed by atoms with Gasteiger partial charge in [0.2, 0.25) is 5.91 Å². The molecule has 1 saturated heterocycles. The number of aromatic nitrogens is 1. The highest BCUT2D eigenvalue weighted by atomic mass is 16.5. The molecule has 26 heavy (non-hydrogen) atoms. The molecule has 4 rings (SSSR count). The molecule has 0 aliphatic carbocycles. The van der Waals surface area contributed by atoms with Crippen LogP contribution in [0.5, 0.6) is 0 Å². The monoisotopic (exact) mass is 354 g/mol. The molecule has 2 atom stereocenters. The maximum absolute atomic E-state index is 12.8. The summed E-state index contributed by atoms with van der Waals surface area (Å²) in [6.07, 6.45) is 3.93. The van der Waals surface area contributed by atoms with Crippen LogP contribution in [0.1, 0.15) is 56.8 Å². The minimum Gasteiger partial charge on any atom is -0.465 e. The number of hydrogen-bond acceptors (Lipinski definition) is 3. The van der Waals surface area contributed by atoms with Gasteiger partial charge in [0.05, 0.1) is 12.6 Å². The number of nitrogens with zero attached hydrogens (tertiary/aromatic N) is 1. The van der Waals surface area contributed by atoms with Crippen molar-refractivity contribution >= 4 is 22.8 Å². The summed E-state index contributed by atoms with van der Waals surface area (Å²) in [6, 6.07) is 8.40. The van der Waals surface area contributed by atoms with Crippen LogP contribution in [0.25, 0.3) is 10.9 Å². The molecular formula is C21H26N2O3. The van der Waals surface area contributed by atoms with E-state index in [1.165, 1.54) is 23.6 Å². The molecule has 1 aromatic carbocycles. The fourth-order valence-corrected chi connectivity index (χ4v) is 4.67. The van der Waals surface area contributed by atoms with Crippen LogP contribution < -0.4 is 0 Å². The number of esters is 1. The molecule has 138 valence electrons. The van der Waals surface area contributed by atoms with Crippen molar-refractivity contribution in [3.8, 4) is 0 Å². The molecule has 0 bridgehead atoms. The number of fused-ring (bicyclic) bond motifs is 5. The van der Waals surface area contributed by atoms with E-state index in [1.807, 2.05) is 11.0 Å². The van der Waals surface area contributed by atoms with Crippen LogP contribution in [0.15, 0.2) is 24.3 Å². The minimum atomic E-state index is -0.250. The average molecular weight is 354 g/mol. The van der Waals surface area contributed by atoms with Gasteiger partial charge in [0.1, 0.15) is 0 Å². The number of aromatic amines is 1. The molecular weight excluding hydrogens is 328 g/mol. The first-order valence-corrected chi connectivity index (χ1v) is 9.55. The van der Waals surface area contributed by atoms with E-state index in [4.69, 9.17) is 4.74 Å². The molecule has 0 unspecified atom stereocenters. The summed E-state index contributed by atoms with van der Waals surface area (Å²) < 4.78 is 5.41. The second-order valence-corrected chi connectivity index (χ2v) is 7.75. The van der Waals surface area contributed by atoms with Crippen LogP contribution in [0.3, 0.4) is 0 Å². The fourth-order valence-electron chi connectivity index (χ4n) is 4.67. The van der Waals surface area contributed by atoms with Gasteiger partial charge in [-0.05, 0) is 37.3 Å². The number of benzene rings is 1. The Bertz CT molecular complexity index is 856. The van der Waals surface area contributed by atoms with Crippen LogP contribution in [0, 0.1) is 5.41 Å². The Balaban J connectivity index is 1.75. The van der Waals surface area contributed by atoms with Gasteiger partial charge in [0.15, 0.2) is 0 Å².